The molecule has 1 unspecified atom stereocenters. The van der Waals surface area contributed by atoms with Crippen LogP contribution < -0.4 is 15.5 Å². The van der Waals surface area contributed by atoms with E-state index in [4.69, 9.17) is 6.42 Å². The summed E-state index contributed by atoms with van der Waals surface area (Å²) >= 11 is 7.57. The second-order valence-electron chi connectivity index (χ2n) is 12.7. The summed E-state index contributed by atoms with van der Waals surface area (Å²) in [7, 11) is 0. The van der Waals surface area contributed by atoms with E-state index in [2.05, 4.69) is 56.0 Å². The number of aryl methyl sites for hydroxylation is 1. The molecule has 5 aromatic rings. The number of carbonyl (C=O) groups excluding carboxylic acids is 3. The van der Waals surface area contributed by atoms with Gasteiger partial charge in [-0.1, -0.05) is 42.3 Å². The Labute approximate surface area is 382 Å². The normalized spacial score (nSPS) is 13.7. The van der Waals surface area contributed by atoms with E-state index in [0.717, 1.165) is 31.5 Å². The molecule has 15 nitrogen and oxygen atoms in total. The standard InChI is InChI=1S/C20H17IN2O2.C10H8IN3O3S.C10H7IN2O3/c1-11-5-6-15(21)14(8-11)20(25)23-10-12(2)18-13-4-3-7-22-19(13)17(24)9-16(18)23;11-8-2-1-6(14(16)17)5-7(8)9(15)13-10-12-3-4-18-10;1-2-5-12-10(14)8-6-7(13(15)16)3-4-9(8)11/h3-9,12,24H,10H2,1-2H3;1-2,5H,3-4H2,(H,12,13,15);1,3-4,6H,5H2,(H,12,14). The summed E-state index contributed by atoms with van der Waals surface area (Å²) in [4.78, 5) is 67.0. The number of pyridine rings is 1. The van der Waals surface area contributed by atoms with E-state index < -0.39 is 15.8 Å². The van der Waals surface area contributed by atoms with Gasteiger partial charge in [0.2, 0.25) is 0 Å². The number of benzene rings is 4. The Hall–Kier alpha value is -4.93. The number of terminal acetylenes is 1. The number of anilines is 1. The van der Waals surface area contributed by atoms with Crippen LogP contribution >= 0.6 is 79.5 Å². The van der Waals surface area contributed by atoms with Gasteiger partial charge in [0, 0.05) is 70.8 Å². The van der Waals surface area contributed by atoms with Crippen molar-refractivity contribution in [3.8, 4) is 18.1 Å². The highest BCUT2D eigenvalue weighted by molar-refractivity contribution is 14.1. The van der Waals surface area contributed by atoms with E-state index in [0.29, 0.717) is 42.0 Å². The predicted molar refractivity (Wildman–Crippen MR) is 252 cm³/mol. The van der Waals surface area contributed by atoms with Crippen LogP contribution in [0.15, 0.2) is 84.0 Å². The minimum Gasteiger partial charge on any atom is -0.506 e. The van der Waals surface area contributed by atoms with Gasteiger partial charge in [-0.05, 0) is 111 Å². The molecule has 2 aliphatic heterocycles. The third-order valence-corrected chi connectivity index (χ3v) is 12.4. The molecule has 19 heteroatoms. The van der Waals surface area contributed by atoms with Crippen molar-refractivity contribution in [2.45, 2.75) is 19.8 Å². The highest BCUT2D eigenvalue weighted by atomic mass is 127. The first kappa shape index (κ1) is 45.2. The zero-order chi connectivity index (χ0) is 43.0. The second kappa shape index (κ2) is 20.4. The number of fused-ring (bicyclic) bond motifs is 3. The first-order chi connectivity index (χ1) is 28.1. The minimum atomic E-state index is -0.548. The summed E-state index contributed by atoms with van der Waals surface area (Å²) in [5.74, 6) is 2.60. The third-order valence-electron chi connectivity index (χ3n) is 8.70. The molecular weight excluding hydrogens is 1120 g/mol. The van der Waals surface area contributed by atoms with Crippen molar-refractivity contribution in [3.63, 3.8) is 0 Å². The Balaban J connectivity index is 0.000000174. The van der Waals surface area contributed by atoms with Crippen molar-refractivity contribution >= 4 is 130 Å². The molecule has 59 heavy (non-hydrogen) atoms. The molecule has 0 bridgehead atoms. The Kier molecular flexibility index (Phi) is 15.6. The van der Waals surface area contributed by atoms with E-state index in [1.54, 1.807) is 23.2 Å². The van der Waals surface area contributed by atoms with Crippen LogP contribution in [0.1, 0.15) is 55.0 Å². The maximum absolute atomic E-state index is 13.2. The molecule has 1 atom stereocenters. The Morgan fingerprint density at radius 2 is 1.54 bits per heavy atom. The lowest BCUT2D eigenvalue weighted by molar-refractivity contribution is -0.385. The minimum absolute atomic E-state index is 0.0265. The van der Waals surface area contributed by atoms with Crippen LogP contribution in [0, 0.1) is 50.2 Å². The van der Waals surface area contributed by atoms with Gasteiger partial charge in [-0.15, -0.1) is 6.42 Å². The molecule has 2 aliphatic rings. The number of nitro groups is 2. The lowest BCUT2D eigenvalue weighted by atomic mass is 9.98. The highest BCUT2D eigenvalue weighted by Crippen LogP contribution is 2.44. The zero-order valence-corrected chi connectivity index (χ0v) is 38.4. The molecule has 0 fully saturated rings. The molecule has 1 aromatic heterocycles. The largest absolute Gasteiger partial charge is 0.506 e. The van der Waals surface area contributed by atoms with Crippen LogP contribution in [0.3, 0.4) is 0 Å². The summed E-state index contributed by atoms with van der Waals surface area (Å²) in [6.45, 7) is 5.48. The van der Waals surface area contributed by atoms with Gasteiger partial charge in [0.25, 0.3) is 29.1 Å². The number of nitrogens with zero attached hydrogens (tertiary/aromatic N) is 5. The molecule has 302 valence electrons. The van der Waals surface area contributed by atoms with Crippen LogP contribution in [-0.2, 0) is 0 Å². The van der Waals surface area contributed by atoms with Gasteiger partial charge in [0.1, 0.15) is 11.3 Å². The van der Waals surface area contributed by atoms with E-state index in [1.165, 1.54) is 42.1 Å². The Bertz CT molecular complexity index is 2580. The Morgan fingerprint density at radius 3 is 2.14 bits per heavy atom. The van der Waals surface area contributed by atoms with Crippen LogP contribution in [0.5, 0.6) is 5.75 Å². The fourth-order valence-electron chi connectivity index (χ4n) is 5.99. The number of phenolic OH excluding ortho intramolecular Hbond substituents is 1. The fourth-order valence-corrected chi connectivity index (χ4v) is 8.44. The molecule has 0 radical (unpaired) electrons. The molecule has 4 aromatic carbocycles. The number of amides is 3. The molecule has 7 rings (SSSR count). The molecule has 0 aliphatic carbocycles. The fraction of sp³-hybridized carbons (Fsp3) is 0.175. The van der Waals surface area contributed by atoms with Crippen LogP contribution in [0.4, 0.5) is 17.1 Å². The summed E-state index contributed by atoms with van der Waals surface area (Å²) in [6.07, 6.45) is 6.67. The average Bonchev–Trinajstić information content (AvgIpc) is 3.85. The third kappa shape index (κ3) is 11.0. The van der Waals surface area contributed by atoms with E-state index in [1.807, 2.05) is 82.4 Å². The number of hydrogen-bond acceptors (Lipinski definition) is 11. The summed E-state index contributed by atoms with van der Waals surface area (Å²) in [5, 5.41) is 38.2. The van der Waals surface area contributed by atoms with Gasteiger partial charge in [-0.25, -0.2) is 0 Å². The molecule has 0 spiro atoms. The van der Waals surface area contributed by atoms with Gasteiger partial charge < -0.3 is 20.6 Å². The summed E-state index contributed by atoms with van der Waals surface area (Å²) < 4.78 is 2.23. The number of hydrogen-bond donors (Lipinski definition) is 3. The van der Waals surface area contributed by atoms with Crippen molar-refractivity contribution in [3.05, 3.63) is 138 Å². The van der Waals surface area contributed by atoms with Crippen molar-refractivity contribution in [1.29, 1.82) is 0 Å². The van der Waals surface area contributed by atoms with Gasteiger partial charge >= 0.3 is 0 Å². The second-order valence-corrected chi connectivity index (χ2v) is 17.3. The highest BCUT2D eigenvalue weighted by Gasteiger charge is 2.34. The quantitative estimate of drug-likeness (QED) is 0.0642. The monoisotopic (exact) mass is 1150 g/mol. The number of amidine groups is 1. The SMILES string of the molecule is C#CCNC(=O)c1cc([N+](=O)[O-])ccc1I.Cc1ccc(I)c(C(=O)N2CC(C)c3c2cc(O)c2ncccc32)c1.O=C(NC1=NCCS1)c1cc([N+](=O)[O-])ccc1I. The van der Waals surface area contributed by atoms with Crippen LogP contribution in [0.25, 0.3) is 10.9 Å². The molecule has 0 saturated carbocycles. The molecule has 3 heterocycles. The topological polar surface area (TPSA) is 210 Å². The first-order valence-electron chi connectivity index (χ1n) is 17.4. The number of rotatable bonds is 6. The number of aromatic hydroxyl groups is 1. The number of thioether (sulfide) groups is 1. The smallest absolute Gasteiger partial charge is 0.270 e. The van der Waals surface area contributed by atoms with Crippen molar-refractivity contribution in [2.75, 3.05) is 30.3 Å². The van der Waals surface area contributed by atoms with Gasteiger partial charge in [-0.3, -0.25) is 44.6 Å². The molecule has 0 saturated heterocycles. The molecule has 3 amide bonds. The number of halogens is 3. The Morgan fingerprint density at radius 1 is 0.932 bits per heavy atom. The van der Waals surface area contributed by atoms with Crippen LogP contribution in [0.2, 0.25) is 0 Å². The molecular formula is C40H32I3N7O8S. The predicted octanol–water partition coefficient (Wildman–Crippen LogP) is 8.21. The number of non-ortho nitro benzene ring substituents is 2. The lowest BCUT2D eigenvalue weighted by Crippen LogP contribution is -2.30. The van der Waals surface area contributed by atoms with Crippen molar-refractivity contribution in [2.24, 2.45) is 4.99 Å². The summed E-state index contributed by atoms with van der Waals surface area (Å²) in [6, 6.07) is 19.7. The number of aromatic nitrogens is 1. The first-order valence-corrected chi connectivity index (χ1v) is 21.6. The number of phenols is 1. The van der Waals surface area contributed by atoms with E-state index >= 15 is 0 Å². The number of aliphatic imine (C=N–C) groups is 1. The lowest BCUT2D eigenvalue weighted by Gasteiger charge is -2.19. The van der Waals surface area contributed by atoms with Gasteiger partial charge in [0.05, 0.1) is 45.3 Å². The maximum atomic E-state index is 13.2. The number of nitrogens with one attached hydrogen (secondary N) is 2. The van der Waals surface area contributed by atoms with Gasteiger partial charge in [-0.2, -0.15) is 0 Å². The van der Waals surface area contributed by atoms with Crippen molar-refractivity contribution < 1.29 is 29.3 Å². The average molecular weight is 1150 g/mol. The number of nitro benzene ring substituents is 2. The summed E-state index contributed by atoms with van der Waals surface area (Å²) in [5.41, 5.74) is 4.54. The van der Waals surface area contributed by atoms with Gasteiger partial charge in [0.15, 0.2) is 5.17 Å². The van der Waals surface area contributed by atoms with E-state index in [-0.39, 0.29) is 47.0 Å². The number of carbonyl (C=O) groups is 3. The zero-order valence-electron chi connectivity index (χ0n) is 31.1. The van der Waals surface area contributed by atoms with Crippen molar-refractivity contribution in [1.82, 2.24) is 15.6 Å². The van der Waals surface area contributed by atoms with Crippen LogP contribution in [-0.4, -0.2) is 68.2 Å². The maximum Gasteiger partial charge on any atom is 0.270 e. The van der Waals surface area contributed by atoms with E-state index in [9.17, 15) is 39.7 Å². The molecule has 3 N–H and O–H groups in total.